The summed E-state index contributed by atoms with van der Waals surface area (Å²) in [6.07, 6.45) is 5.09. The molecular formula is C12H14N2O2S. The maximum absolute atomic E-state index is 11.9. The molecule has 1 aromatic carbocycles. The van der Waals surface area contributed by atoms with E-state index < -0.39 is 14.8 Å². The summed E-state index contributed by atoms with van der Waals surface area (Å²) in [5.74, 6) is 0. The lowest BCUT2D eigenvalue weighted by Crippen LogP contribution is -2.40. The van der Waals surface area contributed by atoms with E-state index in [4.69, 9.17) is 10.9 Å². The van der Waals surface area contributed by atoms with E-state index >= 15 is 0 Å². The molecule has 4 N–H and O–H groups in total. The van der Waals surface area contributed by atoms with Crippen molar-refractivity contribution >= 4 is 10.0 Å². The third kappa shape index (κ3) is 1.99. The monoisotopic (exact) mass is 250 g/mol. The first-order valence-corrected chi connectivity index (χ1v) is 6.73. The first kappa shape index (κ1) is 11.9. The maximum Gasteiger partial charge on any atom is 0.223 e. The molecule has 2 rings (SSSR count). The first-order chi connectivity index (χ1) is 7.96. The van der Waals surface area contributed by atoms with Gasteiger partial charge in [-0.05, 0) is 18.1 Å². The lowest BCUT2D eigenvalue weighted by atomic mass is 9.91. The van der Waals surface area contributed by atoms with E-state index in [9.17, 15) is 8.42 Å². The van der Waals surface area contributed by atoms with Crippen molar-refractivity contribution in [3.8, 4) is 0 Å². The smallest absolute Gasteiger partial charge is 0.223 e. The molecule has 0 bridgehead atoms. The molecule has 0 spiro atoms. The zero-order chi connectivity index (χ0) is 12.5. The minimum atomic E-state index is -3.75. The highest BCUT2D eigenvalue weighted by Crippen LogP contribution is 2.36. The fourth-order valence-corrected chi connectivity index (χ4v) is 2.98. The fourth-order valence-electron chi connectivity index (χ4n) is 1.95. The maximum atomic E-state index is 11.9. The molecule has 17 heavy (non-hydrogen) atoms. The average Bonchev–Trinajstić information content (AvgIpc) is 2.30. The molecule has 1 aromatic rings. The van der Waals surface area contributed by atoms with E-state index in [1.54, 1.807) is 42.5 Å². The topological polar surface area (TPSA) is 86.2 Å². The van der Waals surface area contributed by atoms with Crippen LogP contribution in [0.2, 0.25) is 0 Å². The Balaban J connectivity index is 2.60. The van der Waals surface area contributed by atoms with Crippen LogP contribution >= 0.6 is 0 Å². The Bertz CT molecular complexity index is 576. The van der Waals surface area contributed by atoms with Crippen LogP contribution < -0.4 is 10.9 Å². The molecule has 0 saturated carbocycles. The summed E-state index contributed by atoms with van der Waals surface area (Å²) in [6, 6.07) is 8.92. The van der Waals surface area contributed by atoms with Crippen LogP contribution in [-0.4, -0.2) is 8.42 Å². The van der Waals surface area contributed by atoms with Crippen LogP contribution in [0.5, 0.6) is 0 Å². The van der Waals surface area contributed by atoms with Crippen molar-refractivity contribution in [1.82, 2.24) is 0 Å². The molecule has 4 nitrogen and oxygen atoms in total. The predicted molar refractivity (Wildman–Crippen MR) is 67.3 cm³/mol. The predicted octanol–water partition coefficient (Wildman–Crippen LogP) is 0.973. The van der Waals surface area contributed by atoms with Gasteiger partial charge in [-0.2, -0.15) is 0 Å². The normalized spacial score (nSPS) is 24.4. The van der Waals surface area contributed by atoms with Crippen LogP contribution in [0.4, 0.5) is 0 Å². The zero-order valence-electron chi connectivity index (χ0n) is 9.21. The number of hydrogen-bond donors (Lipinski definition) is 2. The van der Waals surface area contributed by atoms with Gasteiger partial charge in [0.2, 0.25) is 10.0 Å². The van der Waals surface area contributed by atoms with E-state index in [-0.39, 0.29) is 6.42 Å². The number of hydrogen-bond acceptors (Lipinski definition) is 3. The van der Waals surface area contributed by atoms with Gasteiger partial charge in [-0.25, -0.2) is 13.6 Å². The molecule has 1 unspecified atom stereocenters. The summed E-state index contributed by atoms with van der Waals surface area (Å²) in [5, 5.41) is 5.37. The average molecular weight is 250 g/mol. The van der Waals surface area contributed by atoms with Crippen LogP contribution in [0.3, 0.4) is 0 Å². The van der Waals surface area contributed by atoms with Crippen molar-refractivity contribution in [3.05, 3.63) is 59.8 Å². The van der Waals surface area contributed by atoms with Gasteiger partial charge in [-0.3, -0.25) is 0 Å². The molecule has 1 atom stereocenters. The molecule has 0 aliphatic heterocycles. The van der Waals surface area contributed by atoms with Gasteiger partial charge >= 0.3 is 0 Å². The number of sulfonamides is 1. The minimum absolute atomic E-state index is 0.262. The Morgan fingerprint density at radius 1 is 1.18 bits per heavy atom. The molecule has 0 amide bonds. The Kier molecular flexibility index (Phi) is 2.81. The Hall–Kier alpha value is -1.59. The van der Waals surface area contributed by atoms with Gasteiger partial charge in [0.05, 0.1) is 0 Å². The van der Waals surface area contributed by atoms with Gasteiger partial charge in [0, 0.05) is 5.70 Å². The van der Waals surface area contributed by atoms with Gasteiger partial charge in [-0.1, -0.05) is 42.5 Å². The number of benzene rings is 1. The van der Waals surface area contributed by atoms with E-state index in [2.05, 4.69) is 0 Å². The quantitative estimate of drug-likeness (QED) is 0.820. The molecule has 0 saturated heterocycles. The van der Waals surface area contributed by atoms with Crippen molar-refractivity contribution in [2.75, 3.05) is 0 Å². The summed E-state index contributed by atoms with van der Waals surface area (Å²) in [5.41, 5.74) is 6.83. The van der Waals surface area contributed by atoms with Crippen molar-refractivity contribution < 1.29 is 8.42 Å². The van der Waals surface area contributed by atoms with Gasteiger partial charge in [-0.15, -0.1) is 0 Å². The second-order valence-corrected chi connectivity index (χ2v) is 5.86. The highest BCUT2D eigenvalue weighted by molar-refractivity contribution is 7.90. The summed E-state index contributed by atoms with van der Waals surface area (Å²) < 4.78 is 22.5. The molecule has 0 radical (unpaired) electrons. The highest BCUT2D eigenvalue weighted by Gasteiger charge is 2.41. The Labute approximate surface area is 101 Å². The lowest BCUT2D eigenvalue weighted by molar-refractivity contribution is 0.558. The van der Waals surface area contributed by atoms with Crippen LogP contribution in [0, 0.1) is 0 Å². The molecule has 0 fully saturated rings. The molecule has 0 heterocycles. The van der Waals surface area contributed by atoms with Gasteiger partial charge in [0.25, 0.3) is 0 Å². The van der Waals surface area contributed by atoms with Crippen LogP contribution in [0.15, 0.2) is 54.3 Å². The van der Waals surface area contributed by atoms with Crippen molar-refractivity contribution in [2.24, 2.45) is 10.9 Å². The molecule has 1 aliphatic rings. The second-order valence-electron chi connectivity index (χ2n) is 4.04. The third-order valence-electron chi connectivity index (χ3n) is 2.96. The summed E-state index contributed by atoms with van der Waals surface area (Å²) in [7, 11) is -3.75. The van der Waals surface area contributed by atoms with Crippen molar-refractivity contribution in [1.29, 1.82) is 0 Å². The van der Waals surface area contributed by atoms with Gasteiger partial charge in [0.1, 0.15) is 4.75 Å². The fraction of sp³-hybridized carbons (Fsp3) is 0.167. The van der Waals surface area contributed by atoms with E-state index in [1.807, 2.05) is 6.07 Å². The molecule has 90 valence electrons. The highest BCUT2D eigenvalue weighted by atomic mass is 32.2. The van der Waals surface area contributed by atoms with Crippen LogP contribution in [0.25, 0.3) is 0 Å². The summed E-state index contributed by atoms with van der Waals surface area (Å²) in [4.78, 5) is 0. The molecule has 0 aromatic heterocycles. The second kappa shape index (κ2) is 4.01. The summed E-state index contributed by atoms with van der Waals surface area (Å²) >= 11 is 0. The van der Waals surface area contributed by atoms with Crippen LogP contribution in [0.1, 0.15) is 12.0 Å². The Morgan fingerprint density at radius 3 is 2.29 bits per heavy atom. The van der Waals surface area contributed by atoms with Crippen LogP contribution in [-0.2, 0) is 14.8 Å². The Morgan fingerprint density at radius 2 is 1.82 bits per heavy atom. The first-order valence-electron chi connectivity index (χ1n) is 5.18. The van der Waals surface area contributed by atoms with Gasteiger partial charge < -0.3 is 5.73 Å². The SMILES string of the molecule is NC1=CCC(c2ccccc2)(S(N)(=O)=O)C=C1. The van der Waals surface area contributed by atoms with E-state index in [0.29, 0.717) is 11.3 Å². The molecule has 1 aliphatic carbocycles. The largest absolute Gasteiger partial charge is 0.399 e. The number of primary sulfonamides is 1. The van der Waals surface area contributed by atoms with Gasteiger partial charge in [0.15, 0.2) is 0 Å². The number of allylic oxidation sites excluding steroid dienone is 2. The zero-order valence-corrected chi connectivity index (χ0v) is 10.0. The molecule has 5 heteroatoms. The minimum Gasteiger partial charge on any atom is -0.399 e. The lowest BCUT2D eigenvalue weighted by Gasteiger charge is -2.30. The van der Waals surface area contributed by atoms with E-state index in [0.717, 1.165) is 0 Å². The number of rotatable bonds is 2. The number of nitrogens with two attached hydrogens (primary N) is 2. The summed E-state index contributed by atoms with van der Waals surface area (Å²) in [6.45, 7) is 0. The third-order valence-corrected chi connectivity index (χ3v) is 4.51. The van der Waals surface area contributed by atoms with E-state index in [1.165, 1.54) is 0 Å². The van der Waals surface area contributed by atoms with Crippen molar-refractivity contribution in [3.63, 3.8) is 0 Å². The standard InChI is InChI=1S/C12H14N2O2S/c13-11-6-8-12(9-7-11,17(14,15)16)10-4-2-1-3-5-10/h1-8H,9,13H2,(H2,14,15,16). The van der Waals surface area contributed by atoms with Crippen molar-refractivity contribution in [2.45, 2.75) is 11.2 Å². The molecular weight excluding hydrogens is 236 g/mol.